The predicted molar refractivity (Wildman–Crippen MR) is 300 cm³/mol. The number of pyridine rings is 3. The fraction of sp³-hybridized carbons (Fsp3) is 0.0694. The Morgan fingerprint density at radius 3 is 1.80 bits per heavy atom. The van der Waals surface area contributed by atoms with Crippen LogP contribution in [0, 0.1) is 13.8 Å². The fourth-order valence-electron chi connectivity index (χ4n) is 15.2. The molecule has 6 heterocycles. The van der Waals surface area contributed by atoms with Crippen LogP contribution in [0.1, 0.15) is 50.5 Å². The lowest BCUT2D eigenvalue weighted by atomic mass is 9.72. The zero-order valence-corrected chi connectivity index (χ0v) is 41.4. The summed E-state index contributed by atoms with van der Waals surface area (Å²) in [5, 5.41) is 0. The molecular weight excluding hydrogens is 907 g/mol. The van der Waals surface area contributed by atoms with Gasteiger partial charge in [0.2, 0.25) is 40.1 Å². The van der Waals surface area contributed by atoms with E-state index in [4.69, 9.17) is 0 Å². The van der Waals surface area contributed by atoms with Crippen molar-refractivity contribution in [1.82, 2.24) is 0 Å². The Hall–Kier alpha value is -9.31. The summed E-state index contributed by atoms with van der Waals surface area (Å²) in [6.45, 7) is 4.52. The molecule has 10 aromatic rings. The third kappa shape index (κ3) is 4.86. The molecule has 0 saturated heterocycles. The maximum atomic E-state index is 2.77. The van der Waals surface area contributed by atoms with E-state index < -0.39 is 11.0 Å². The Balaban J connectivity index is 1.16. The van der Waals surface area contributed by atoms with Crippen LogP contribution < -0.4 is 13.7 Å². The standard InChI is InChI=1S/C72H46N3/c1-42-23-31-65-56-28-25-45-33-59(56)48-37-63(55-20-11-9-17-52(45)55)72-70-69-61-34-46(26-29-57(61)67-22-12-21-64(75(67)69)44-13-4-3-5-14-44)51-16-8-10-19-54(51)60(68(38-48)73(65)40-42)35-49-39-71(70,72)62-36-47(50-15-6-7-18-53(49)50)27-30-58(62)66-32-24-43(2)41-74(66)72/h3-41,68H,1-2H3/q+3/b49-39+,60-35-,63-37?,70-69-. The first-order valence-corrected chi connectivity index (χ1v) is 26.5. The quantitative estimate of drug-likeness (QED) is 0.145. The second-order valence-electron chi connectivity index (χ2n) is 21.9. The maximum Gasteiger partial charge on any atom is 0.241 e. The Morgan fingerprint density at radius 2 is 1.01 bits per heavy atom. The monoisotopic (exact) mass is 952 g/mol. The van der Waals surface area contributed by atoms with Crippen molar-refractivity contribution in [3.05, 3.63) is 287 Å². The maximum absolute atomic E-state index is 2.77. The van der Waals surface area contributed by atoms with Gasteiger partial charge in [-0.3, -0.25) is 0 Å². The van der Waals surface area contributed by atoms with Crippen molar-refractivity contribution in [3.63, 3.8) is 0 Å². The van der Waals surface area contributed by atoms with Crippen molar-refractivity contribution in [3.8, 4) is 78.4 Å². The van der Waals surface area contributed by atoms with E-state index in [1.54, 1.807) is 0 Å². The first-order valence-electron chi connectivity index (χ1n) is 26.5. The lowest BCUT2D eigenvalue weighted by Gasteiger charge is -2.32. The van der Waals surface area contributed by atoms with Crippen LogP contribution in [0.3, 0.4) is 0 Å². The Labute approximate surface area is 435 Å². The number of fused-ring (bicyclic) bond motifs is 21. The number of benzene rings is 7. The molecule has 1 spiro atoms. The molecule has 75 heavy (non-hydrogen) atoms. The lowest BCUT2D eigenvalue weighted by molar-refractivity contribution is -0.715. The summed E-state index contributed by atoms with van der Waals surface area (Å²) in [5.41, 5.74) is 33.3. The third-order valence-corrected chi connectivity index (χ3v) is 18.2. The van der Waals surface area contributed by atoms with E-state index in [-0.39, 0.29) is 6.04 Å². The first-order chi connectivity index (χ1) is 37.0. The molecule has 18 rings (SSSR count). The molecule has 5 aliphatic carbocycles. The van der Waals surface area contributed by atoms with Crippen LogP contribution in [-0.2, 0) is 11.0 Å². The van der Waals surface area contributed by atoms with Crippen molar-refractivity contribution in [2.75, 3.05) is 0 Å². The SMILES string of the molecule is Cc1ccc2[n+](c1)C1C=C3C=C(c4ccccc4-c4ccc-2c3c4)C23/C4=C5/c6cc(ccc6-c6cccc(-c7ccccc7)[n+]65)-c5ccccc5/C1=C/C1=C\C42c2cc(ccc2-c2ccc(C)c[n+]23)-c2ccccc21. The molecule has 3 unspecified atom stereocenters. The fourth-order valence-corrected chi connectivity index (χ4v) is 15.2. The zero-order chi connectivity index (χ0) is 49.1. The van der Waals surface area contributed by atoms with E-state index in [0.717, 1.165) is 0 Å². The van der Waals surface area contributed by atoms with Gasteiger partial charge in [0, 0.05) is 52.1 Å². The number of hydrogen-bond acceptors (Lipinski definition) is 0. The van der Waals surface area contributed by atoms with Crippen molar-refractivity contribution in [2.24, 2.45) is 0 Å². The summed E-state index contributed by atoms with van der Waals surface area (Å²) >= 11 is 0. The molecule has 3 heteroatoms. The van der Waals surface area contributed by atoms with Crippen molar-refractivity contribution < 1.29 is 13.7 Å². The van der Waals surface area contributed by atoms with Crippen molar-refractivity contribution >= 4 is 28.0 Å². The molecule has 0 amide bonds. The molecule has 0 radical (unpaired) electrons. The summed E-state index contributed by atoms with van der Waals surface area (Å²) in [6, 6.07) is 77.1. The summed E-state index contributed by atoms with van der Waals surface area (Å²) < 4.78 is 7.99. The average molecular weight is 953 g/mol. The third-order valence-electron chi connectivity index (χ3n) is 18.2. The van der Waals surface area contributed by atoms with Crippen LogP contribution in [0.25, 0.3) is 106 Å². The summed E-state index contributed by atoms with van der Waals surface area (Å²) in [4.78, 5) is 0. The van der Waals surface area contributed by atoms with Crippen molar-refractivity contribution in [1.29, 1.82) is 0 Å². The second kappa shape index (κ2) is 13.8. The normalized spacial score (nSPS) is 22.5. The van der Waals surface area contributed by atoms with E-state index in [2.05, 4.69) is 264 Å². The van der Waals surface area contributed by atoms with Gasteiger partial charge in [-0.05, 0) is 171 Å². The molecule has 3 aromatic heterocycles. The number of hydrogen-bond donors (Lipinski definition) is 0. The minimum absolute atomic E-state index is 0.198. The highest BCUT2D eigenvalue weighted by atomic mass is 15.2. The van der Waals surface area contributed by atoms with Crippen LogP contribution in [0.2, 0.25) is 0 Å². The van der Waals surface area contributed by atoms with E-state index in [1.165, 1.54) is 156 Å². The number of nitrogens with zero attached hydrogens (tertiary/aromatic N) is 3. The molecule has 0 N–H and O–H groups in total. The Bertz CT molecular complexity index is 4560. The molecule has 3 nitrogen and oxygen atoms in total. The molecule has 8 aliphatic rings. The number of allylic oxidation sites excluding steroid dienone is 9. The van der Waals surface area contributed by atoms with Crippen LogP contribution in [0.5, 0.6) is 0 Å². The van der Waals surface area contributed by atoms with Crippen LogP contribution >= 0.6 is 0 Å². The van der Waals surface area contributed by atoms with E-state index in [0.29, 0.717) is 0 Å². The predicted octanol–water partition coefficient (Wildman–Crippen LogP) is 14.9. The molecule has 1 saturated carbocycles. The minimum atomic E-state index is -0.788. The van der Waals surface area contributed by atoms with Gasteiger partial charge in [0.25, 0.3) is 0 Å². The van der Waals surface area contributed by atoms with Gasteiger partial charge in [-0.1, -0.05) is 115 Å². The zero-order valence-electron chi connectivity index (χ0n) is 41.4. The van der Waals surface area contributed by atoms with Crippen molar-refractivity contribution in [2.45, 2.75) is 30.8 Å². The summed E-state index contributed by atoms with van der Waals surface area (Å²) in [5.74, 6) is 0. The minimum Gasteiger partial charge on any atom is -0.187 e. The van der Waals surface area contributed by atoms with Crippen LogP contribution in [0.15, 0.2) is 242 Å². The van der Waals surface area contributed by atoms with Gasteiger partial charge in [-0.2, -0.15) is 13.7 Å². The van der Waals surface area contributed by atoms with E-state index in [9.17, 15) is 0 Å². The molecule has 346 valence electrons. The highest BCUT2D eigenvalue weighted by Crippen LogP contribution is 2.77. The molecule has 1 fully saturated rings. The number of rotatable bonds is 1. The lowest BCUT2D eigenvalue weighted by Crippen LogP contribution is -2.56. The topological polar surface area (TPSA) is 11.6 Å². The number of aromatic nitrogens is 3. The van der Waals surface area contributed by atoms with Gasteiger partial charge in [0.1, 0.15) is 11.0 Å². The highest BCUT2D eigenvalue weighted by Gasteiger charge is 2.88. The Morgan fingerprint density at radius 1 is 0.400 bits per heavy atom. The van der Waals surface area contributed by atoms with E-state index in [1.807, 2.05) is 0 Å². The molecule has 12 bridgehead atoms. The molecular formula is C72H46N3+3. The van der Waals surface area contributed by atoms with Crippen LogP contribution in [-0.4, -0.2) is 0 Å². The molecule has 3 atom stereocenters. The Kier molecular flexibility index (Phi) is 7.42. The van der Waals surface area contributed by atoms with E-state index >= 15 is 0 Å². The average Bonchev–Trinajstić information content (AvgIpc) is 4.07. The molecule has 7 aromatic carbocycles. The smallest absolute Gasteiger partial charge is 0.187 e. The van der Waals surface area contributed by atoms with Gasteiger partial charge in [0.05, 0.1) is 22.3 Å². The largest absolute Gasteiger partial charge is 0.241 e. The van der Waals surface area contributed by atoms with Gasteiger partial charge < -0.3 is 0 Å². The van der Waals surface area contributed by atoms with Gasteiger partial charge >= 0.3 is 0 Å². The van der Waals surface area contributed by atoms with Gasteiger partial charge in [0.15, 0.2) is 12.4 Å². The highest BCUT2D eigenvalue weighted by molar-refractivity contribution is 6.09. The summed E-state index contributed by atoms with van der Waals surface area (Å²) in [6.07, 6.45) is 15.6. The van der Waals surface area contributed by atoms with Gasteiger partial charge in [-0.15, -0.1) is 0 Å². The molecule has 3 aliphatic heterocycles. The van der Waals surface area contributed by atoms with Crippen LogP contribution in [0.4, 0.5) is 0 Å². The summed E-state index contributed by atoms with van der Waals surface area (Å²) in [7, 11) is 0. The first kappa shape index (κ1) is 40.2. The second-order valence-corrected chi connectivity index (χ2v) is 21.9. The number of aryl methyl sites for hydroxylation is 2. The van der Waals surface area contributed by atoms with Gasteiger partial charge in [-0.25, -0.2) is 0 Å².